The van der Waals surface area contributed by atoms with Crippen LogP contribution in [0.15, 0.2) is 10.2 Å². The van der Waals surface area contributed by atoms with Gasteiger partial charge in [-0.1, -0.05) is 20.3 Å². The van der Waals surface area contributed by atoms with Crippen LogP contribution in [0.2, 0.25) is 0 Å². The van der Waals surface area contributed by atoms with Crippen LogP contribution < -0.4 is 26.6 Å². The first-order chi connectivity index (χ1) is 25.5. The van der Waals surface area contributed by atoms with E-state index in [9.17, 15) is 63.8 Å². The maximum atomic E-state index is 12.7. The summed E-state index contributed by atoms with van der Waals surface area (Å²) in [6.07, 6.45) is -4.12. The van der Waals surface area contributed by atoms with Crippen molar-refractivity contribution in [2.45, 2.75) is 130 Å². The van der Waals surface area contributed by atoms with Crippen LogP contribution in [-0.2, 0) is 44.7 Å². The van der Waals surface area contributed by atoms with Crippen LogP contribution in [0.25, 0.3) is 0 Å². The van der Waals surface area contributed by atoms with E-state index in [-0.39, 0.29) is 50.4 Å². The summed E-state index contributed by atoms with van der Waals surface area (Å²) in [5, 5.41) is 50.8. The number of carboxylic acid groups (broad SMARTS) is 2. The van der Waals surface area contributed by atoms with Crippen molar-refractivity contribution in [1.29, 1.82) is 0 Å². The molecule has 11 N–H and O–H groups in total. The van der Waals surface area contributed by atoms with Gasteiger partial charge in [0.25, 0.3) is 30.4 Å². The maximum absolute atomic E-state index is 12.7. The number of hydrogen-bond acceptors (Lipinski definition) is 17. The third-order valence-corrected chi connectivity index (χ3v) is 15.8. The van der Waals surface area contributed by atoms with E-state index < -0.39 is 137 Å². The number of aliphatic hydroxyl groups is 1. The van der Waals surface area contributed by atoms with E-state index in [4.69, 9.17) is 4.74 Å². The number of ether oxygens (including phenoxy) is 1. The molecule has 5 aliphatic rings. The highest BCUT2D eigenvalue weighted by Gasteiger charge is 2.56. The van der Waals surface area contributed by atoms with E-state index in [0.29, 0.717) is 6.42 Å². The number of methoxy groups -OCH3 is 1. The zero-order chi connectivity index (χ0) is 40.8. The molecule has 5 rings (SSSR count). The number of carboxylic acids is 2. The molecule has 0 amide bonds. The lowest BCUT2D eigenvalue weighted by Crippen LogP contribution is -2.78. The molecule has 1 aliphatic heterocycles. The number of fused-ring (bicyclic) bond motifs is 1. The molecule has 17 unspecified atom stereocenters. The molecule has 25 heteroatoms. The fourth-order valence-electron chi connectivity index (χ4n) is 9.67. The minimum atomic E-state index is -4.99. The fraction of sp³-hybridized carbons (Fsp3) is 0.933. The second-order valence-electron chi connectivity index (χ2n) is 15.8. The number of azo groups is 1. The van der Waals surface area contributed by atoms with Gasteiger partial charge < -0.3 is 20.1 Å². The zero-order valence-corrected chi connectivity index (χ0v) is 32.9. The molecule has 17 atom stereocenters. The van der Waals surface area contributed by atoms with Crippen molar-refractivity contribution in [2.24, 2.45) is 45.7 Å². The van der Waals surface area contributed by atoms with Crippen molar-refractivity contribution in [1.82, 2.24) is 26.6 Å². The number of aliphatic carboxylic acids is 2. The van der Waals surface area contributed by atoms with E-state index in [1.165, 1.54) is 7.11 Å². The molecule has 0 aromatic heterocycles. The molecule has 0 spiro atoms. The van der Waals surface area contributed by atoms with Crippen molar-refractivity contribution in [2.75, 3.05) is 7.11 Å². The van der Waals surface area contributed by atoms with Gasteiger partial charge in [0.1, 0.15) is 29.1 Å². The van der Waals surface area contributed by atoms with Gasteiger partial charge in [0.15, 0.2) is 6.35 Å². The normalized spacial score (nSPS) is 43.4. The van der Waals surface area contributed by atoms with Gasteiger partial charge in [0, 0.05) is 25.1 Å². The molecule has 55 heavy (non-hydrogen) atoms. The first-order valence-corrected chi connectivity index (χ1v) is 22.8. The summed E-state index contributed by atoms with van der Waals surface area (Å²) in [5.41, 5.74) is 0. The average molecular weight is 848 g/mol. The molecule has 0 aromatic rings. The van der Waals surface area contributed by atoms with Crippen molar-refractivity contribution in [3.05, 3.63) is 0 Å². The Hall–Kier alpha value is -2.01. The van der Waals surface area contributed by atoms with Crippen LogP contribution in [0.4, 0.5) is 0 Å². The molecule has 22 nitrogen and oxygen atoms in total. The largest absolute Gasteiger partial charge is 0.481 e. The molecule has 316 valence electrons. The second-order valence-corrected chi connectivity index (χ2v) is 20.8. The SMILES string of the molecule is COC1NC(NC2CC(S(=O)(=O)O)CC3CC(S(=O)(=O)O)C(N=NC4CCCC(C(=O)O)C4C(=O)O)C(O)C32)NC(NC2C(C)CC(C)CC2S(=O)(=O)O)N1. The Kier molecular flexibility index (Phi) is 13.7. The van der Waals surface area contributed by atoms with Crippen LogP contribution in [0.1, 0.15) is 65.2 Å². The summed E-state index contributed by atoms with van der Waals surface area (Å²) in [6, 6.07) is -4.59. The third-order valence-electron chi connectivity index (χ3n) is 12.1. The van der Waals surface area contributed by atoms with Crippen molar-refractivity contribution in [3.63, 3.8) is 0 Å². The average Bonchev–Trinajstić information content (AvgIpc) is 3.06. The number of nitrogens with one attached hydrogen (secondary N) is 5. The molecule has 4 aliphatic carbocycles. The van der Waals surface area contributed by atoms with Crippen molar-refractivity contribution >= 4 is 42.3 Å². The summed E-state index contributed by atoms with van der Waals surface area (Å²) in [5.74, 6) is -7.65. The first kappa shape index (κ1) is 44.1. The number of aliphatic hydroxyl groups excluding tert-OH is 1. The Bertz CT molecular complexity index is 1770. The topological polar surface area (TPSA) is 352 Å². The minimum Gasteiger partial charge on any atom is -0.481 e. The van der Waals surface area contributed by atoms with E-state index in [2.05, 4.69) is 36.8 Å². The summed E-state index contributed by atoms with van der Waals surface area (Å²) < 4.78 is 111. The molecule has 5 fully saturated rings. The molecular weight excluding hydrogens is 795 g/mol. The highest BCUT2D eigenvalue weighted by molar-refractivity contribution is 7.87. The van der Waals surface area contributed by atoms with E-state index in [1.54, 1.807) is 0 Å². The summed E-state index contributed by atoms with van der Waals surface area (Å²) >= 11 is 0. The highest BCUT2D eigenvalue weighted by atomic mass is 32.2. The summed E-state index contributed by atoms with van der Waals surface area (Å²) in [7, 11) is -12.8. The lowest BCUT2D eigenvalue weighted by molar-refractivity contribution is -0.156. The molecule has 0 aromatic carbocycles. The van der Waals surface area contributed by atoms with E-state index in [1.807, 2.05) is 13.8 Å². The Morgan fingerprint density at radius 3 is 1.96 bits per heavy atom. The summed E-state index contributed by atoms with van der Waals surface area (Å²) in [6.45, 7) is 3.75. The smallest absolute Gasteiger partial charge is 0.309 e. The highest BCUT2D eigenvalue weighted by Crippen LogP contribution is 2.46. The number of nitrogens with zero attached hydrogens (tertiary/aromatic N) is 2. The number of carbonyl (C=O) groups is 2. The Morgan fingerprint density at radius 1 is 0.764 bits per heavy atom. The number of hydrogen-bond donors (Lipinski definition) is 11. The van der Waals surface area contributed by atoms with Crippen LogP contribution >= 0.6 is 0 Å². The van der Waals surface area contributed by atoms with Gasteiger partial charge in [-0.2, -0.15) is 35.5 Å². The molecule has 1 saturated heterocycles. The monoisotopic (exact) mass is 847 g/mol. The lowest BCUT2D eigenvalue weighted by Gasteiger charge is -2.51. The quantitative estimate of drug-likeness (QED) is 0.0793. The predicted octanol–water partition coefficient (Wildman–Crippen LogP) is -1.42. The van der Waals surface area contributed by atoms with E-state index in [0.717, 1.165) is 0 Å². The van der Waals surface area contributed by atoms with Crippen LogP contribution in [0, 0.1) is 35.5 Å². The first-order valence-electron chi connectivity index (χ1n) is 18.2. The van der Waals surface area contributed by atoms with Gasteiger partial charge in [-0.05, 0) is 62.7 Å². The van der Waals surface area contributed by atoms with Crippen LogP contribution in [0.3, 0.4) is 0 Å². The standard InChI is InChI=1S/C30H53N7O15S3/c1-12-7-13(2)23(19(8-12)54(46,47)48)32-29-33-28(34-30(35-29)52-3)31-18-11-15(53(43,44)45)9-14-10-20(55(49,50)51)24(25(38)21(14)18)37-36-17-6-4-5-16(26(39)40)22(17)27(41)42/h12-25,28-35,38H,4-11H2,1-3H3,(H,39,40)(H,41,42)(H,43,44,45)(H,46,47,48)(H,49,50,51). The van der Waals surface area contributed by atoms with Crippen LogP contribution in [0.5, 0.6) is 0 Å². The van der Waals surface area contributed by atoms with Gasteiger partial charge >= 0.3 is 11.9 Å². The molecule has 1 heterocycles. The van der Waals surface area contributed by atoms with Crippen LogP contribution in [-0.4, -0.2) is 138 Å². The Balaban J connectivity index is 1.43. The van der Waals surface area contributed by atoms with Gasteiger partial charge in [-0.25, -0.2) is 0 Å². The molecule has 0 radical (unpaired) electrons. The zero-order valence-electron chi connectivity index (χ0n) is 30.4. The summed E-state index contributed by atoms with van der Waals surface area (Å²) in [4.78, 5) is 24.0. The Morgan fingerprint density at radius 2 is 1.40 bits per heavy atom. The van der Waals surface area contributed by atoms with Gasteiger partial charge in [0.05, 0.1) is 29.2 Å². The second kappa shape index (κ2) is 17.1. The molecular formula is C30H53N7O15S3. The molecule has 0 bridgehead atoms. The van der Waals surface area contributed by atoms with Crippen molar-refractivity contribution < 1.29 is 68.6 Å². The fourth-order valence-corrected chi connectivity index (χ4v) is 13.0. The lowest BCUT2D eigenvalue weighted by atomic mass is 9.65. The minimum absolute atomic E-state index is 0.0265. The van der Waals surface area contributed by atoms with Crippen molar-refractivity contribution in [3.8, 4) is 0 Å². The maximum Gasteiger partial charge on any atom is 0.309 e. The third kappa shape index (κ3) is 10.2. The Labute approximate surface area is 319 Å². The number of rotatable bonds is 12. The van der Waals surface area contributed by atoms with Gasteiger partial charge in [0.2, 0.25) is 0 Å². The van der Waals surface area contributed by atoms with Gasteiger partial charge in [-0.3, -0.25) is 49.8 Å². The molecule has 4 saturated carbocycles. The predicted molar refractivity (Wildman–Crippen MR) is 191 cm³/mol. The van der Waals surface area contributed by atoms with E-state index >= 15 is 0 Å². The van der Waals surface area contributed by atoms with Gasteiger partial charge in [-0.15, -0.1) is 0 Å².